The molecule has 2 aromatic carbocycles. The minimum atomic E-state index is -0.457. The molecule has 0 spiro atoms. The van der Waals surface area contributed by atoms with Gasteiger partial charge in [0.1, 0.15) is 11.5 Å². The molecule has 29 heavy (non-hydrogen) atoms. The number of amides is 2. The fourth-order valence-corrected chi connectivity index (χ4v) is 2.67. The van der Waals surface area contributed by atoms with Gasteiger partial charge in [0, 0.05) is 5.56 Å². The SMILES string of the molecule is Cc1ccc(C)c(OCC(=O)NNC(=O)Cc2nc(-c3ccccc3)oc2C)c1. The van der Waals surface area contributed by atoms with Gasteiger partial charge in [0.2, 0.25) is 11.8 Å². The van der Waals surface area contributed by atoms with Crippen molar-refractivity contribution in [2.24, 2.45) is 0 Å². The van der Waals surface area contributed by atoms with Gasteiger partial charge in [-0.3, -0.25) is 20.4 Å². The summed E-state index contributed by atoms with van der Waals surface area (Å²) in [6, 6.07) is 15.2. The van der Waals surface area contributed by atoms with Crippen LogP contribution in [0.15, 0.2) is 52.9 Å². The Morgan fingerprint density at radius 3 is 2.48 bits per heavy atom. The second kappa shape index (κ2) is 9.05. The zero-order chi connectivity index (χ0) is 20.8. The number of hydrogen-bond acceptors (Lipinski definition) is 5. The van der Waals surface area contributed by atoms with Crippen LogP contribution in [0.1, 0.15) is 22.6 Å². The second-order valence-corrected chi connectivity index (χ2v) is 6.72. The largest absolute Gasteiger partial charge is 0.483 e. The third-order valence-electron chi connectivity index (χ3n) is 4.29. The quantitative estimate of drug-likeness (QED) is 0.628. The van der Waals surface area contributed by atoms with Crippen molar-refractivity contribution in [1.29, 1.82) is 0 Å². The third-order valence-corrected chi connectivity index (χ3v) is 4.29. The lowest BCUT2D eigenvalue weighted by Gasteiger charge is -2.10. The Kier molecular flexibility index (Phi) is 6.29. The Labute approximate surface area is 169 Å². The molecule has 0 atom stereocenters. The fourth-order valence-electron chi connectivity index (χ4n) is 2.67. The molecule has 0 saturated carbocycles. The number of aryl methyl sites for hydroxylation is 3. The second-order valence-electron chi connectivity index (χ2n) is 6.72. The Bertz CT molecular complexity index is 1010. The lowest BCUT2D eigenvalue weighted by molar-refractivity contribution is -0.129. The predicted molar refractivity (Wildman–Crippen MR) is 108 cm³/mol. The van der Waals surface area contributed by atoms with E-state index < -0.39 is 11.8 Å². The summed E-state index contributed by atoms with van der Waals surface area (Å²) in [4.78, 5) is 28.5. The van der Waals surface area contributed by atoms with Crippen LogP contribution in [-0.4, -0.2) is 23.4 Å². The topological polar surface area (TPSA) is 93.5 Å². The van der Waals surface area contributed by atoms with E-state index in [9.17, 15) is 9.59 Å². The molecule has 0 bridgehead atoms. The molecule has 0 aliphatic carbocycles. The van der Waals surface area contributed by atoms with Crippen LogP contribution in [0.4, 0.5) is 0 Å². The van der Waals surface area contributed by atoms with E-state index in [1.165, 1.54) is 0 Å². The standard InChI is InChI=1S/C22H23N3O4/c1-14-9-10-15(2)19(11-14)28-13-21(27)25-24-20(26)12-18-16(3)29-22(23-18)17-7-5-4-6-8-17/h4-11H,12-13H2,1-3H3,(H,24,26)(H,25,27). The van der Waals surface area contributed by atoms with Crippen LogP contribution in [0.5, 0.6) is 5.75 Å². The minimum Gasteiger partial charge on any atom is -0.483 e. The number of nitrogens with one attached hydrogen (secondary N) is 2. The monoisotopic (exact) mass is 393 g/mol. The lowest BCUT2D eigenvalue weighted by atomic mass is 10.1. The van der Waals surface area contributed by atoms with Crippen LogP contribution in [0.3, 0.4) is 0 Å². The molecule has 1 aromatic heterocycles. The van der Waals surface area contributed by atoms with Gasteiger partial charge >= 0.3 is 0 Å². The van der Waals surface area contributed by atoms with E-state index in [-0.39, 0.29) is 13.0 Å². The summed E-state index contributed by atoms with van der Waals surface area (Å²) >= 11 is 0. The first kappa shape index (κ1) is 20.1. The van der Waals surface area contributed by atoms with Gasteiger partial charge in [-0.25, -0.2) is 4.98 Å². The summed E-state index contributed by atoms with van der Waals surface area (Å²) < 4.78 is 11.1. The van der Waals surface area contributed by atoms with Gasteiger partial charge in [-0.1, -0.05) is 30.3 Å². The molecule has 1 heterocycles. The smallest absolute Gasteiger partial charge is 0.276 e. The van der Waals surface area contributed by atoms with Gasteiger partial charge < -0.3 is 9.15 Å². The Balaban J connectivity index is 1.49. The van der Waals surface area contributed by atoms with Crippen LogP contribution in [0.2, 0.25) is 0 Å². The summed E-state index contributed by atoms with van der Waals surface area (Å²) in [5.74, 6) is 0.792. The number of oxazole rings is 1. The van der Waals surface area contributed by atoms with Crippen molar-refractivity contribution < 1.29 is 18.7 Å². The van der Waals surface area contributed by atoms with Crippen molar-refractivity contribution >= 4 is 11.8 Å². The molecule has 0 fully saturated rings. The number of hydrazine groups is 1. The summed E-state index contributed by atoms with van der Waals surface area (Å²) in [5, 5.41) is 0. The van der Waals surface area contributed by atoms with Crippen molar-refractivity contribution in [2.45, 2.75) is 27.2 Å². The third kappa shape index (κ3) is 5.44. The molecule has 2 N–H and O–H groups in total. The molecular weight excluding hydrogens is 370 g/mol. The van der Waals surface area contributed by atoms with Crippen molar-refractivity contribution in [3.63, 3.8) is 0 Å². The van der Waals surface area contributed by atoms with E-state index in [4.69, 9.17) is 9.15 Å². The molecule has 0 saturated heterocycles. The van der Waals surface area contributed by atoms with Gasteiger partial charge in [-0.15, -0.1) is 0 Å². The minimum absolute atomic E-state index is 0.0136. The number of carbonyl (C=O) groups is 2. The van der Waals surface area contributed by atoms with Crippen LogP contribution in [0.25, 0.3) is 11.5 Å². The molecule has 0 aliphatic heterocycles. The highest BCUT2D eigenvalue weighted by Gasteiger charge is 2.15. The molecule has 7 nitrogen and oxygen atoms in total. The lowest BCUT2D eigenvalue weighted by Crippen LogP contribution is -2.44. The maximum absolute atomic E-state index is 12.1. The highest BCUT2D eigenvalue weighted by atomic mass is 16.5. The van der Waals surface area contributed by atoms with Gasteiger partial charge in [-0.05, 0) is 50.1 Å². The Morgan fingerprint density at radius 1 is 1.00 bits per heavy atom. The number of aromatic nitrogens is 1. The highest BCUT2D eigenvalue weighted by Crippen LogP contribution is 2.21. The molecule has 2 amide bonds. The average molecular weight is 393 g/mol. The molecule has 0 aliphatic rings. The van der Waals surface area contributed by atoms with Gasteiger partial charge in [0.05, 0.1) is 12.1 Å². The van der Waals surface area contributed by atoms with Crippen molar-refractivity contribution in [2.75, 3.05) is 6.61 Å². The molecular formula is C22H23N3O4. The van der Waals surface area contributed by atoms with E-state index >= 15 is 0 Å². The summed E-state index contributed by atoms with van der Waals surface area (Å²) in [6.45, 7) is 5.39. The van der Waals surface area contributed by atoms with Crippen LogP contribution in [-0.2, 0) is 16.0 Å². The van der Waals surface area contributed by atoms with Gasteiger partial charge in [0.25, 0.3) is 5.91 Å². The van der Waals surface area contributed by atoms with Crippen LogP contribution < -0.4 is 15.6 Å². The number of carbonyl (C=O) groups excluding carboxylic acids is 2. The maximum atomic E-state index is 12.1. The molecule has 0 unspecified atom stereocenters. The molecule has 3 rings (SSSR count). The number of benzene rings is 2. The number of rotatable bonds is 6. The van der Waals surface area contributed by atoms with Crippen LogP contribution in [0, 0.1) is 20.8 Å². The van der Waals surface area contributed by atoms with Crippen molar-refractivity contribution in [3.8, 4) is 17.2 Å². The van der Waals surface area contributed by atoms with Gasteiger partial charge in [-0.2, -0.15) is 0 Å². The van der Waals surface area contributed by atoms with Crippen molar-refractivity contribution in [1.82, 2.24) is 15.8 Å². The van der Waals surface area contributed by atoms with E-state index in [1.807, 2.05) is 62.4 Å². The summed E-state index contributed by atoms with van der Waals surface area (Å²) in [7, 11) is 0. The van der Waals surface area contributed by atoms with E-state index in [0.29, 0.717) is 23.1 Å². The van der Waals surface area contributed by atoms with E-state index in [0.717, 1.165) is 16.7 Å². The highest BCUT2D eigenvalue weighted by molar-refractivity contribution is 5.83. The normalized spacial score (nSPS) is 10.4. The summed E-state index contributed by atoms with van der Waals surface area (Å²) in [6.07, 6.45) is -0.0136. The van der Waals surface area contributed by atoms with Crippen molar-refractivity contribution in [3.05, 3.63) is 71.1 Å². The first-order valence-corrected chi connectivity index (χ1v) is 9.22. The molecule has 0 radical (unpaired) electrons. The molecule has 3 aromatic rings. The summed E-state index contributed by atoms with van der Waals surface area (Å²) in [5.41, 5.74) is 8.03. The van der Waals surface area contributed by atoms with E-state index in [1.54, 1.807) is 6.92 Å². The Hall–Kier alpha value is -3.61. The maximum Gasteiger partial charge on any atom is 0.276 e. The fraction of sp³-hybridized carbons (Fsp3) is 0.227. The number of ether oxygens (including phenoxy) is 1. The zero-order valence-electron chi connectivity index (χ0n) is 16.6. The number of hydrogen-bond donors (Lipinski definition) is 2. The Morgan fingerprint density at radius 2 is 1.72 bits per heavy atom. The van der Waals surface area contributed by atoms with Crippen LogP contribution >= 0.6 is 0 Å². The first-order valence-electron chi connectivity index (χ1n) is 9.22. The molecule has 150 valence electrons. The number of nitrogens with zero attached hydrogens (tertiary/aromatic N) is 1. The molecule has 7 heteroatoms. The first-order chi connectivity index (χ1) is 13.9. The zero-order valence-corrected chi connectivity index (χ0v) is 16.6. The predicted octanol–water partition coefficient (Wildman–Crippen LogP) is 3.04. The van der Waals surface area contributed by atoms with Gasteiger partial charge in [0.15, 0.2) is 6.61 Å². The average Bonchev–Trinajstić information content (AvgIpc) is 3.08. The van der Waals surface area contributed by atoms with E-state index in [2.05, 4.69) is 15.8 Å².